The number of halogens is 1. The molecule has 0 unspecified atom stereocenters. The molecular weight excluding hydrogens is 325 g/mol. The lowest BCUT2D eigenvalue weighted by Crippen LogP contribution is -2.44. The fourth-order valence-electron chi connectivity index (χ4n) is 3.29. The van der Waals surface area contributed by atoms with Crippen LogP contribution in [0.4, 0.5) is 10.1 Å². The van der Waals surface area contributed by atoms with E-state index in [1.54, 1.807) is 31.2 Å². The number of rotatable bonds is 3. The molecule has 3 rings (SSSR count). The number of carbonyl (C=O) groups is 2. The first-order valence-corrected chi connectivity index (χ1v) is 7.93. The van der Waals surface area contributed by atoms with E-state index < -0.39 is 17.7 Å². The molecule has 1 amide bonds. The summed E-state index contributed by atoms with van der Waals surface area (Å²) in [5.41, 5.74) is 1.33. The third-order valence-corrected chi connectivity index (χ3v) is 4.50. The Morgan fingerprint density at radius 1 is 1.24 bits per heavy atom. The average Bonchev–Trinajstić information content (AvgIpc) is 2.60. The number of hydrogen-bond acceptors (Lipinski definition) is 3. The van der Waals surface area contributed by atoms with Crippen LogP contribution in [0.2, 0.25) is 0 Å². The van der Waals surface area contributed by atoms with Gasteiger partial charge in [-0.15, -0.1) is 0 Å². The van der Waals surface area contributed by atoms with E-state index in [4.69, 9.17) is 4.74 Å². The lowest BCUT2D eigenvalue weighted by Gasteiger charge is -2.38. The lowest BCUT2D eigenvalue weighted by molar-refractivity contribution is -0.139. The van der Waals surface area contributed by atoms with Gasteiger partial charge in [0.15, 0.2) is 11.6 Å². The number of nitrogens with zero attached hydrogens (tertiary/aromatic N) is 1. The van der Waals surface area contributed by atoms with Crippen molar-refractivity contribution < 1.29 is 23.8 Å². The van der Waals surface area contributed by atoms with Crippen LogP contribution < -0.4 is 9.64 Å². The van der Waals surface area contributed by atoms with Gasteiger partial charge in [-0.2, -0.15) is 0 Å². The largest absolute Gasteiger partial charge is 0.494 e. The topological polar surface area (TPSA) is 66.8 Å². The highest BCUT2D eigenvalue weighted by Crippen LogP contribution is 2.39. The van der Waals surface area contributed by atoms with Gasteiger partial charge in [-0.25, -0.2) is 4.39 Å². The van der Waals surface area contributed by atoms with E-state index in [1.807, 2.05) is 0 Å². The molecule has 1 heterocycles. The molecule has 1 aliphatic rings. The maximum atomic E-state index is 14.0. The zero-order valence-corrected chi connectivity index (χ0v) is 13.9. The molecule has 0 aliphatic carbocycles. The van der Waals surface area contributed by atoms with Crippen LogP contribution in [0.3, 0.4) is 0 Å². The second-order valence-corrected chi connectivity index (χ2v) is 6.06. The highest BCUT2D eigenvalue weighted by Gasteiger charge is 2.37. The first-order chi connectivity index (χ1) is 11.9. The molecule has 2 atom stereocenters. The molecule has 130 valence electrons. The van der Waals surface area contributed by atoms with E-state index in [0.717, 1.165) is 6.07 Å². The molecule has 5 nitrogen and oxygen atoms in total. The van der Waals surface area contributed by atoms with Crippen molar-refractivity contribution in [1.29, 1.82) is 0 Å². The Morgan fingerprint density at radius 2 is 1.96 bits per heavy atom. The third kappa shape index (κ3) is 2.95. The predicted octanol–water partition coefficient (Wildman–Crippen LogP) is 3.44. The number of ether oxygens (including phenoxy) is 1. The quantitative estimate of drug-likeness (QED) is 0.927. The highest BCUT2D eigenvalue weighted by atomic mass is 19.1. The van der Waals surface area contributed by atoms with Crippen molar-refractivity contribution in [3.05, 3.63) is 59.4 Å². The van der Waals surface area contributed by atoms with Gasteiger partial charge in [-0.05, 0) is 43.2 Å². The number of carbonyl (C=O) groups excluding carboxylic acids is 1. The van der Waals surface area contributed by atoms with E-state index in [1.165, 1.54) is 24.1 Å². The van der Waals surface area contributed by atoms with Gasteiger partial charge in [0.05, 0.1) is 13.0 Å². The molecule has 0 aromatic heterocycles. The first-order valence-electron chi connectivity index (χ1n) is 7.93. The summed E-state index contributed by atoms with van der Waals surface area (Å²) in [6.45, 7) is 1.80. The standard InChI is InChI=1S/C19H18FNO4/c1-11-9-14(19(23)24)13-5-3-4-6-16(13)21(11)18(22)12-7-8-17(25-2)15(20)10-12/h3-8,10-11,14H,9H2,1-2H3,(H,23,24)/t11-,14-/m1/s1. The van der Waals surface area contributed by atoms with Gasteiger partial charge in [-0.1, -0.05) is 18.2 Å². The summed E-state index contributed by atoms with van der Waals surface area (Å²) in [4.78, 5) is 26.1. The Balaban J connectivity index is 2.04. The molecule has 25 heavy (non-hydrogen) atoms. The lowest BCUT2D eigenvalue weighted by atomic mass is 9.85. The second kappa shape index (κ2) is 6.55. The Morgan fingerprint density at radius 3 is 2.60 bits per heavy atom. The SMILES string of the molecule is COc1ccc(C(=O)N2c3ccccc3[C@H](C(=O)O)C[C@H]2C)cc1F. The number of amides is 1. The fraction of sp³-hybridized carbons (Fsp3) is 0.263. The molecule has 6 heteroatoms. The average molecular weight is 343 g/mol. The van der Waals surface area contributed by atoms with Crippen molar-refractivity contribution in [2.45, 2.75) is 25.3 Å². The summed E-state index contributed by atoms with van der Waals surface area (Å²) in [7, 11) is 1.36. The molecule has 1 aliphatic heterocycles. The van der Waals surface area contributed by atoms with Crippen LogP contribution in [0.15, 0.2) is 42.5 Å². The molecule has 0 fully saturated rings. The van der Waals surface area contributed by atoms with Crippen molar-refractivity contribution >= 4 is 17.6 Å². The summed E-state index contributed by atoms with van der Waals surface area (Å²) >= 11 is 0. The maximum Gasteiger partial charge on any atom is 0.311 e. The van der Waals surface area contributed by atoms with Crippen molar-refractivity contribution in [3.63, 3.8) is 0 Å². The van der Waals surface area contributed by atoms with Crippen LogP contribution in [-0.4, -0.2) is 30.1 Å². The normalized spacial score (nSPS) is 19.2. The molecule has 2 aromatic rings. The van der Waals surface area contributed by atoms with Crippen molar-refractivity contribution in [1.82, 2.24) is 0 Å². The fourth-order valence-corrected chi connectivity index (χ4v) is 3.29. The Hall–Kier alpha value is -2.89. The number of methoxy groups -OCH3 is 1. The van der Waals surface area contributed by atoms with Crippen LogP contribution >= 0.6 is 0 Å². The van der Waals surface area contributed by atoms with Crippen molar-refractivity contribution in [3.8, 4) is 5.75 Å². The van der Waals surface area contributed by atoms with E-state index >= 15 is 0 Å². The minimum Gasteiger partial charge on any atom is -0.494 e. The van der Waals surface area contributed by atoms with Gasteiger partial charge < -0.3 is 14.7 Å². The van der Waals surface area contributed by atoms with Gasteiger partial charge in [0.25, 0.3) is 5.91 Å². The number of aliphatic carboxylic acids is 1. The van der Waals surface area contributed by atoms with Crippen LogP contribution in [-0.2, 0) is 4.79 Å². The number of carboxylic acids is 1. The van der Waals surface area contributed by atoms with Gasteiger partial charge >= 0.3 is 5.97 Å². The van der Waals surface area contributed by atoms with Gasteiger partial charge in [0, 0.05) is 17.3 Å². The summed E-state index contributed by atoms with van der Waals surface area (Å²) < 4.78 is 18.8. The number of benzene rings is 2. The summed E-state index contributed by atoms with van der Waals surface area (Å²) in [6, 6.07) is 10.7. The summed E-state index contributed by atoms with van der Waals surface area (Å²) in [6.07, 6.45) is 0.302. The molecule has 0 saturated carbocycles. The van der Waals surface area contributed by atoms with Gasteiger partial charge in [0.2, 0.25) is 0 Å². The van der Waals surface area contributed by atoms with Crippen LogP contribution in [0.25, 0.3) is 0 Å². The smallest absolute Gasteiger partial charge is 0.311 e. The maximum absolute atomic E-state index is 14.0. The first kappa shape index (κ1) is 17.0. The number of hydrogen-bond donors (Lipinski definition) is 1. The second-order valence-electron chi connectivity index (χ2n) is 6.06. The highest BCUT2D eigenvalue weighted by molar-refractivity contribution is 6.08. The van der Waals surface area contributed by atoms with E-state index in [9.17, 15) is 19.1 Å². The molecule has 1 N–H and O–H groups in total. The van der Waals surface area contributed by atoms with Crippen molar-refractivity contribution in [2.24, 2.45) is 0 Å². The Labute approximate surface area is 144 Å². The van der Waals surface area contributed by atoms with Gasteiger partial charge in [0.1, 0.15) is 0 Å². The van der Waals surface area contributed by atoms with E-state index in [2.05, 4.69) is 0 Å². The number of fused-ring (bicyclic) bond motifs is 1. The number of para-hydroxylation sites is 1. The molecule has 0 radical (unpaired) electrons. The number of carboxylic acid groups (broad SMARTS) is 1. The minimum absolute atomic E-state index is 0.0644. The molecule has 0 bridgehead atoms. The van der Waals surface area contributed by atoms with Gasteiger partial charge in [-0.3, -0.25) is 9.59 Å². The Bertz CT molecular complexity index is 836. The third-order valence-electron chi connectivity index (χ3n) is 4.50. The Kier molecular flexibility index (Phi) is 4.44. The minimum atomic E-state index is -0.915. The van der Waals surface area contributed by atoms with Crippen molar-refractivity contribution in [2.75, 3.05) is 12.0 Å². The molecule has 0 saturated heterocycles. The van der Waals surface area contributed by atoms with Crippen LogP contribution in [0.1, 0.15) is 35.2 Å². The summed E-state index contributed by atoms with van der Waals surface area (Å²) in [5.74, 6) is -2.50. The predicted molar refractivity (Wildman–Crippen MR) is 90.7 cm³/mol. The zero-order valence-electron chi connectivity index (χ0n) is 13.9. The van der Waals surface area contributed by atoms with E-state index in [-0.39, 0.29) is 23.3 Å². The summed E-state index contributed by atoms with van der Waals surface area (Å²) in [5, 5.41) is 9.47. The molecular formula is C19H18FNO4. The monoisotopic (exact) mass is 343 g/mol. The molecule has 2 aromatic carbocycles. The molecule has 0 spiro atoms. The zero-order chi connectivity index (χ0) is 18.1. The van der Waals surface area contributed by atoms with Crippen LogP contribution in [0.5, 0.6) is 5.75 Å². The van der Waals surface area contributed by atoms with Crippen LogP contribution in [0, 0.1) is 5.82 Å². The van der Waals surface area contributed by atoms with E-state index in [0.29, 0.717) is 17.7 Å². The number of anilines is 1.